The predicted molar refractivity (Wildman–Crippen MR) is 180 cm³/mol. The van der Waals surface area contributed by atoms with Gasteiger partial charge in [-0.3, -0.25) is 0 Å². The van der Waals surface area contributed by atoms with Crippen LogP contribution in [0.2, 0.25) is 0 Å². The number of nitrogens with one attached hydrogen (secondary N) is 2. The molecule has 46 heavy (non-hydrogen) atoms. The van der Waals surface area contributed by atoms with Crippen LogP contribution in [0.25, 0.3) is 11.1 Å². The van der Waals surface area contributed by atoms with E-state index in [2.05, 4.69) is 45.9 Å². The van der Waals surface area contributed by atoms with Gasteiger partial charge in [-0.25, -0.2) is 9.78 Å². The molecule has 0 spiro atoms. The Kier molecular flexibility index (Phi) is 10.5. The summed E-state index contributed by atoms with van der Waals surface area (Å²) < 4.78 is 15.1. The predicted octanol–water partition coefficient (Wildman–Crippen LogP) is 6.92. The molecule has 1 saturated heterocycles. The zero-order chi connectivity index (χ0) is 31.7. The average molecular weight is 635 g/mol. The lowest BCUT2D eigenvalue weighted by molar-refractivity contribution is -0.245. The van der Waals surface area contributed by atoms with E-state index >= 15 is 0 Å². The van der Waals surface area contributed by atoms with E-state index in [-0.39, 0.29) is 24.8 Å². The molecule has 2 heterocycles. The molecule has 2 amide bonds. The lowest BCUT2D eigenvalue weighted by atomic mass is 9.98. The lowest BCUT2D eigenvalue weighted by Gasteiger charge is -2.36. The summed E-state index contributed by atoms with van der Waals surface area (Å²) in [4.78, 5) is 17.0. The van der Waals surface area contributed by atoms with Crippen LogP contribution in [0.15, 0.2) is 121 Å². The Balaban J connectivity index is 1.14. The second-order valence-corrected chi connectivity index (χ2v) is 12.3. The van der Waals surface area contributed by atoms with E-state index in [0.717, 1.165) is 49.9 Å². The largest absolute Gasteiger partial charge is 0.392 e. The van der Waals surface area contributed by atoms with Crippen molar-refractivity contribution in [2.24, 2.45) is 7.05 Å². The third-order valence-corrected chi connectivity index (χ3v) is 9.23. The summed E-state index contributed by atoms with van der Waals surface area (Å²) in [6.07, 6.45) is 3.71. The molecule has 0 radical (unpaired) electrons. The third-order valence-electron chi connectivity index (χ3n) is 8.04. The molecule has 5 aromatic rings. The molecule has 6 rings (SSSR count). The molecule has 0 saturated carbocycles. The summed E-state index contributed by atoms with van der Waals surface area (Å²) in [5.41, 5.74) is 7.02. The van der Waals surface area contributed by atoms with Crippen LogP contribution in [0.4, 0.5) is 4.79 Å². The van der Waals surface area contributed by atoms with E-state index in [4.69, 9.17) is 9.47 Å². The number of carbonyl (C=O) groups is 1. The minimum absolute atomic E-state index is 0.00741. The van der Waals surface area contributed by atoms with Crippen molar-refractivity contribution in [1.29, 1.82) is 0 Å². The number of hydrogen-bond acceptors (Lipinski definition) is 6. The van der Waals surface area contributed by atoms with Crippen molar-refractivity contribution in [2.75, 3.05) is 5.75 Å². The van der Waals surface area contributed by atoms with E-state index in [1.54, 1.807) is 18.0 Å². The van der Waals surface area contributed by atoms with Crippen LogP contribution in [0.1, 0.15) is 46.6 Å². The Morgan fingerprint density at radius 1 is 0.870 bits per heavy atom. The van der Waals surface area contributed by atoms with Crippen LogP contribution in [0.5, 0.6) is 0 Å². The van der Waals surface area contributed by atoms with Gasteiger partial charge in [-0.05, 0) is 33.4 Å². The highest BCUT2D eigenvalue weighted by Crippen LogP contribution is 2.40. The second-order valence-electron chi connectivity index (χ2n) is 11.3. The first-order valence-corrected chi connectivity index (χ1v) is 16.4. The maximum atomic E-state index is 12.5. The topological polar surface area (TPSA) is 97.6 Å². The number of hydrogen-bond donors (Lipinski definition) is 3. The van der Waals surface area contributed by atoms with Gasteiger partial charge in [0, 0.05) is 50.3 Å². The molecule has 1 aliphatic rings. The van der Waals surface area contributed by atoms with Gasteiger partial charge < -0.3 is 29.8 Å². The molecule has 236 valence electrons. The Labute approximate surface area is 273 Å². The van der Waals surface area contributed by atoms with Crippen molar-refractivity contribution in [3.8, 4) is 11.1 Å². The summed E-state index contributed by atoms with van der Waals surface area (Å²) >= 11 is 1.67. The van der Waals surface area contributed by atoms with E-state index < -0.39 is 6.29 Å². The Morgan fingerprint density at radius 2 is 1.59 bits per heavy atom. The van der Waals surface area contributed by atoms with Gasteiger partial charge in [0.25, 0.3) is 0 Å². The Bertz CT molecular complexity index is 1710. The van der Waals surface area contributed by atoms with E-state index in [0.29, 0.717) is 19.5 Å². The molecular weight excluding hydrogens is 596 g/mol. The number of nitrogens with zero attached hydrogens (tertiary/aromatic N) is 2. The van der Waals surface area contributed by atoms with Crippen molar-refractivity contribution < 1.29 is 19.4 Å². The molecule has 3 N–H and O–H groups in total. The fourth-order valence-electron chi connectivity index (χ4n) is 5.47. The molecule has 8 nitrogen and oxygen atoms in total. The fourth-order valence-corrected chi connectivity index (χ4v) is 6.42. The first kappa shape index (κ1) is 31.6. The number of carbonyl (C=O) groups excluding carboxylic acids is 1. The maximum Gasteiger partial charge on any atom is 0.315 e. The van der Waals surface area contributed by atoms with E-state index in [9.17, 15) is 9.90 Å². The number of amides is 2. The average Bonchev–Trinajstić information content (AvgIpc) is 3.53. The van der Waals surface area contributed by atoms with Crippen molar-refractivity contribution in [3.63, 3.8) is 0 Å². The molecule has 9 heteroatoms. The van der Waals surface area contributed by atoms with Crippen LogP contribution >= 0.6 is 11.8 Å². The number of imidazole rings is 1. The second kappa shape index (κ2) is 15.2. The molecule has 0 unspecified atom stereocenters. The summed E-state index contributed by atoms with van der Waals surface area (Å²) in [7, 11) is 1.99. The molecule has 1 aliphatic heterocycles. The van der Waals surface area contributed by atoms with Gasteiger partial charge in [0.2, 0.25) is 0 Å². The first-order chi connectivity index (χ1) is 22.6. The molecule has 0 aliphatic carbocycles. The minimum atomic E-state index is -0.539. The fraction of sp³-hybridized carbons (Fsp3) is 0.243. The van der Waals surface area contributed by atoms with Gasteiger partial charge in [-0.2, -0.15) is 0 Å². The highest BCUT2D eigenvalue weighted by Gasteiger charge is 2.32. The van der Waals surface area contributed by atoms with Crippen molar-refractivity contribution in [2.45, 2.75) is 49.8 Å². The van der Waals surface area contributed by atoms with Gasteiger partial charge in [0.05, 0.1) is 18.8 Å². The number of rotatable bonds is 11. The lowest BCUT2D eigenvalue weighted by Crippen LogP contribution is -2.34. The normalized spacial score (nSPS) is 17.8. The van der Waals surface area contributed by atoms with Crippen molar-refractivity contribution >= 4 is 17.8 Å². The van der Waals surface area contributed by atoms with Crippen molar-refractivity contribution in [3.05, 3.63) is 143 Å². The van der Waals surface area contributed by atoms with Crippen LogP contribution in [-0.2, 0) is 36.2 Å². The molecule has 0 bridgehead atoms. The van der Waals surface area contributed by atoms with Crippen LogP contribution in [0.3, 0.4) is 0 Å². The molecule has 4 aromatic carbocycles. The molecular formula is C37H38N4O4S. The maximum absolute atomic E-state index is 12.5. The number of ether oxygens (including phenoxy) is 2. The third kappa shape index (κ3) is 8.05. The van der Waals surface area contributed by atoms with Crippen LogP contribution in [0, 0.1) is 0 Å². The number of aliphatic hydroxyl groups is 1. The number of benzene rings is 4. The number of urea groups is 1. The monoisotopic (exact) mass is 634 g/mol. The quantitative estimate of drug-likeness (QED) is 0.137. The molecule has 1 aromatic heterocycles. The van der Waals surface area contributed by atoms with E-state index in [1.807, 2.05) is 90.6 Å². The molecule has 1 fully saturated rings. The first-order valence-electron chi connectivity index (χ1n) is 15.4. The zero-order valence-corrected chi connectivity index (χ0v) is 26.5. The van der Waals surface area contributed by atoms with Crippen molar-refractivity contribution in [1.82, 2.24) is 20.2 Å². The SMILES string of the molecule is Cn1ccnc1SC[C@H]1C[C@@H](c2ccc(CO)cc2)O[C@@H](c2ccc(-c3ccccc3CNC(=O)NCc3ccccc3)cc2)O1. The Hall–Kier alpha value is -4.41. The van der Waals surface area contributed by atoms with Gasteiger partial charge in [-0.1, -0.05) is 115 Å². The minimum Gasteiger partial charge on any atom is -0.392 e. The zero-order valence-electron chi connectivity index (χ0n) is 25.7. The number of aromatic nitrogens is 2. The molecule has 3 atom stereocenters. The van der Waals surface area contributed by atoms with Gasteiger partial charge in [-0.15, -0.1) is 0 Å². The number of thioether (sulfide) groups is 1. The summed E-state index contributed by atoms with van der Waals surface area (Å²) in [6, 6.07) is 33.9. The smallest absolute Gasteiger partial charge is 0.315 e. The van der Waals surface area contributed by atoms with Gasteiger partial charge in [0.15, 0.2) is 11.4 Å². The highest BCUT2D eigenvalue weighted by atomic mass is 32.2. The van der Waals surface area contributed by atoms with E-state index in [1.165, 1.54) is 0 Å². The van der Waals surface area contributed by atoms with Gasteiger partial charge in [0.1, 0.15) is 0 Å². The number of aliphatic hydroxyl groups excluding tert-OH is 1. The standard InChI is InChI=1S/C37H38N4O4S/c1-41-20-19-38-37(41)46-25-32-21-34(29-13-11-27(24-42)12-14-29)45-35(44-32)30-17-15-28(16-18-30)33-10-6-5-9-31(33)23-40-36(43)39-22-26-7-3-2-4-8-26/h2-20,32,34-35,42H,21-25H2,1H3,(H2,39,40,43)/t32-,34+,35+/m1/s1. The van der Waals surface area contributed by atoms with Gasteiger partial charge >= 0.3 is 6.03 Å². The van der Waals surface area contributed by atoms with Crippen LogP contribution in [-0.4, -0.2) is 32.5 Å². The highest BCUT2D eigenvalue weighted by molar-refractivity contribution is 7.99. The summed E-state index contributed by atoms with van der Waals surface area (Å²) in [5.74, 6) is 0.743. The summed E-state index contributed by atoms with van der Waals surface area (Å²) in [5, 5.41) is 16.4. The Morgan fingerprint density at radius 3 is 2.33 bits per heavy atom. The van der Waals surface area contributed by atoms with Crippen LogP contribution < -0.4 is 10.6 Å². The summed E-state index contributed by atoms with van der Waals surface area (Å²) in [6.45, 7) is 0.880. The number of aryl methyl sites for hydroxylation is 1.